The molecule has 1 unspecified atom stereocenters. The molecule has 0 spiro atoms. The predicted octanol–water partition coefficient (Wildman–Crippen LogP) is 1.92. The van der Waals surface area contributed by atoms with Gasteiger partial charge in [-0.3, -0.25) is 4.79 Å². The maximum Gasteiger partial charge on any atom is 0.220 e. The molecule has 0 saturated carbocycles. The van der Waals surface area contributed by atoms with Crippen LogP contribution in [0.5, 0.6) is 0 Å². The molecule has 0 aliphatic rings. The lowest BCUT2D eigenvalue weighted by atomic mass is 10.1. The number of rotatable bonds is 7. The second kappa shape index (κ2) is 7.41. The van der Waals surface area contributed by atoms with E-state index in [1.807, 2.05) is 13.0 Å². The molecule has 1 rings (SSSR count). The maximum atomic E-state index is 11.4. The Bertz CT molecular complexity index is 296. The molecule has 90 valence electrons. The van der Waals surface area contributed by atoms with Crippen molar-refractivity contribution in [2.45, 2.75) is 38.6 Å². The monoisotopic (exact) mass is 240 g/mol. The number of amides is 1. The quantitative estimate of drug-likeness (QED) is 0.765. The molecule has 0 aromatic carbocycles. The number of carbonyl (C=O) groups is 1. The molecule has 1 amide bonds. The van der Waals surface area contributed by atoms with E-state index in [9.17, 15) is 4.79 Å². The molecule has 4 heteroatoms. The highest BCUT2D eigenvalue weighted by Gasteiger charge is 2.02. The molecule has 16 heavy (non-hydrogen) atoms. The third-order valence-corrected chi connectivity index (χ3v) is 3.27. The smallest absolute Gasteiger partial charge is 0.220 e. The first-order chi connectivity index (χ1) is 7.68. The standard InChI is InChI=1S/C12H20N2OS/c1-10(13)4-2-6-12(15)14-8-7-11-5-3-9-16-11/h3,5,9-10H,2,4,6-8,13H2,1H3,(H,14,15). The first-order valence-electron chi connectivity index (χ1n) is 5.73. The van der Waals surface area contributed by atoms with Crippen molar-refractivity contribution in [1.82, 2.24) is 5.32 Å². The van der Waals surface area contributed by atoms with Crippen molar-refractivity contribution in [3.8, 4) is 0 Å². The van der Waals surface area contributed by atoms with E-state index in [2.05, 4.69) is 16.8 Å². The molecule has 1 aromatic heterocycles. The van der Waals surface area contributed by atoms with Gasteiger partial charge in [0.05, 0.1) is 0 Å². The van der Waals surface area contributed by atoms with Gasteiger partial charge in [-0.2, -0.15) is 0 Å². The number of nitrogens with one attached hydrogen (secondary N) is 1. The topological polar surface area (TPSA) is 55.1 Å². The van der Waals surface area contributed by atoms with Crippen LogP contribution < -0.4 is 11.1 Å². The summed E-state index contributed by atoms with van der Waals surface area (Å²) in [6.07, 6.45) is 3.31. The van der Waals surface area contributed by atoms with Crippen LogP contribution in [0.4, 0.5) is 0 Å². The number of nitrogens with two attached hydrogens (primary N) is 1. The molecule has 0 saturated heterocycles. The van der Waals surface area contributed by atoms with Gasteiger partial charge in [-0.05, 0) is 37.6 Å². The SMILES string of the molecule is CC(N)CCCC(=O)NCCc1cccs1. The van der Waals surface area contributed by atoms with Gasteiger partial charge < -0.3 is 11.1 Å². The van der Waals surface area contributed by atoms with Crippen molar-refractivity contribution in [2.24, 2.45) is 5.73 Å². The fraction of sp³-hybridized carbons (Fsp3) is 0.583. The molecule has 0 aliphatic heterocycles. The third-order valence-electron chi connectivity index (χ3n) is 2.34. The van der Waals surface area contributed by atoms with Gasteiger partial charge in [-0.1, -0.05) is 6.07 Å². The van der Waals surface area contributed by atoms with Crippen LogP contribution in [0.15, 0.2) is 17.5 Å². The number of hydrogen-bond donors (Lipinski definition) is 2. The van der Waals surface area contributed by atoms with Crippen molar-refractivity contribution < 1.29 is 4.79 Å². The molecule has 0 fully saturated rings. The predicted molar refractivity (Wildman–Crippen MR) is 68.5 cm³/mol. The van der Waals surface area contributed by atoms with E-state index >= 15 is 0 Å². The molecule has 0 bridgehead atoms. The Morgan fingerprint density at radius 2 is 2.44 bits per heavy atom. The van der Waals surface area contributed by atoms with Crippen molar-refractivity contribution in [3.05, 3.63) is 22.4 Å². The van der Waals surface area contributed by atoms with Gasteiger partial charge in [0.2, 0.25) is 5.91 Å². The molecule has 0 aliphatic carbocycles. The zero-order chi connectivity index (χ0) is 11.8. The minimum absolute atomic E-state index is 0.136. The summed E-state index contributed by atoms with van der Waals surface area (Å²) in [5.41, 5.74) is 5.61. The number of hydrogen-bond acceptors (Lipinski definition) is 3. The third kappa shape index (κ3) is 5.88. The summed E-state index contributed by atoms with van der Waals surface area (Å²) < 4.78 is 0. The number of thiophene rings is 1. The summed E-state index contributed by atoms with van der Waals surface area (Å²) in [6.45, 7) is 2.70. The van der Waals surface area contributed by atoms with Crippen molar-refractivity contribution >= 4 is 17.2 Å². The molecular formula is C12H20N2OS. The average Bonchev–Trinajstić information content (AvgIpc) is 2.70. The van der Waals surface area contributed by atoms with Crippen LogP contribution in [0.3, 0.4) is 0 Å². The van der Waals surface area contributed by atoms with Crippen LogP contribution in [-0.4, -0.2) is 18.5 Å². The van der Waals surface area contributed by atoms with Gasteiger partial charge in [0.25, 0.3) is 0 Å². The number of carbonyl (C=O) groups excluding carboxylic acids is 1. The van der Waals surface area contributed by atoms with Crippen molar-refractivity contribution in [2.75, 3.05) is 6.54 Å². The molecule has 3 N–H and O–H groups in total. The van der Waals surface area contributed by atoms with E-state index in [0.29, 0.717) is 6.42 Å². The maximum absolute atomic E-state index is 11.4. The van der Waals surface area contributed by atoms with Crippen molar-refractivity contribution in [3.63, 3.8) is 0 Å². The van der Waals surface area contributed by atoms with E-state index in [4.69, 9.17) is 5.73 Å². The summed E-state index contributed by atoms with van der Waals surface area (Å²) in [5, 5.41) is 4.98. The van der Waals surface area contributed by atoms with E-state index < -0.39 is 0 Å². The lowest BCUT2D eigenvalue weighted by Gasteiger charge is -2.05. The van der Waals surface area contributed by atoms with E-state index in [1.165, 1.54) is 4.88 Å². The van der Waals surface area contributed by atoms with Gasteiger partial charge in [0.1, 0.15) is 0 Å². The first-order valence-corrected chi connectivity index (χ1v) is 6.61. The van der Waals surface area contributed by atoms with E-state index in [-0.39, 0.29) is 11.9 Å². The highest BCUT2D eigenvalue weighted by atomic mass is 32.1. The molecule has 3 nitrogen and oxygen atoms in total. The fourth-order valence-electron chi connectivity index (χ4n) is 1.45. The second-order valence-electron chi connectivity index (χ2n) is 4.05. The summed E-state index contributed by atoms with van der Waals surface area (Å²) in [4.78, 5) is 12.7. The summed E-state index contributed by atoms with van der Waals surface area (Å²) >= 11 is 1.73. The zero-order valence-electron chi connectivity index (χ0n) is 9.74. The van der Waals surface area contributed by atoms with Crippen LogP contribution in [0, 0.1) is 0 Å². The van der Waals surface area contributed by atoms with Gasteiger partial charge >= 0.3 is 0 Å². The highest BCUT2D eigenvalue weighted by molar-refractivity contribution is 7.09. The Morgan fingerprint density at radius 3 is 3.06 bits per heavy atom. The van der Waals surface area contributed by atoms with E-state index in [1.54, 1.807) is 11.3 Å². The summed E-state index contributed by atoms with van der Waals surface area (Å²) in [5.74, 6) is 0.136. The van der Waals surface area contributed by atoms with Gasteiger partial charge in [-0.15, -0.1) is 11.3 Å². The summed E-state index contributed by atoms with van der Waals surface area (Å²) in [6, 6.07) is 4.32. The Hall–Kier alpha value is -0.870. The van der Waals surface area contributed by atoms with Gasteiger partial charge in [0, 0.05) is 23.9 Å². The van der Waals surface area contributed by atoms with Gasteiger partial charge in [0.15, 0.2) is 0 Å². The molecule has 1 atom stereocenters. The van der Waals surface area contributed by atoms with Gasteiger partial charge in [-0.25, -0.2) is 0 Å². The Kier molecular flexibility index (Phi) is 6.11. The molecule has 0 radical (unpaired) electrons. The van der Waals surface area contributed by atoms with Crippen LogP contribution >= 0.6 is 11.3 Å². The zero-order valence-corrected chi connectivity index (χ0v) is 10.6. The molecule has 1 heterocycles. The fourth-order valence-corrected chi connectivity index (χ4v) is 2.16. The van der Waals surface area contributed by atoms with Crippen LogP contribution in [0.25, 0.3) is 0 Å². The van der Waals surface area contributed by atoms with Crippen molar-refractivity contribution in [1.29, 1.82) is 0 Å². The Labute approximate surface area is 101 Å². The molecule has 1 aromatic rings. The largest absolute Gasteiger partial charge is 0.356 e. The first kappa shape index (κ1) is 13.2. The minimum atomic E-state index is 0.136. The Morgan fingerprint density at radius 1 is 1.62 bits per heavy atom. The minimum Gasteiger partial charge on any atom is -0.356 e. The normalized spacial score (nSPS) is 12.4. The average molecular weight is 240 g/mol. The second-order valence-corrected chi connectivity index (χ2v) is 5.08. The van der Waals surface area contributed by atoms with E-state index in [0.717, 1.165) is 25.8 Å². The lowest BCUT2D eigenvalue weighted by Crippen LogP contribution is -2.25. The summed E-state index contributed by atoms with van der Waals surface area (Å²) in [7, 11) is 0. The van der Waals surface area contributed by atoms with Crippen LogP contribution in [-0.2, 0) is 11.2 Å². The Balaban J connectivity index is 2.02. The highest BCUT2D eigenvalue weighted by Crippen LogP contribution is 2.08. The van der Waals surface area contributed by atoms with Crippen LogP contribution in [0.2, 0.25) is 0 Å². The lowest BCUT2D eigenvalue weighted by molar-refractivity contribution is -0.121. The van der Waals surface area contributed by atoms with Crippen LogP contribution in [0.1, 0.15) is 31.1 Å². The molecular weight excluding hydrogens is 220 g/mol.